The Hall–Kier alpha value is -3.84. The van der Waals surface area contributed by atoms with Gasteiger partial charge in [0.1, 0.15) is 11.2 Å². The molecular formula is C51H52O. The Labute approximate surface area is 309 Å². The monoisotopic (exact) mass is 680 g/mol. The average Bonchev–Trinajstić information content (AvgIpc) is 3.53. The molecule has 12 rings (SSSR count). The van der Waals surface area contributed by atoms with Crippen molar-refractivity contribution in [3.63, 3.8) is 0 Å². The summed E-state index contributed by atoms with van der Waals surface area (Å²) in [6, 6.07) is 7.69. The van der Waals surface area contributed by atoms with Crippen LogP contribution in [0.15, 0.2) is 112 Å². The summed E-state index contributed by atoms with van der Waals surface area (Å²) in [5, 5.41) is 1.44. The van der Waals surface area contributed by atoms with Crippen LogP contribution in [0.5, 0.6) is 0 Å². The molecule has 0 aliphatic heterocycles. The maximum atomic E-state index is 6.81. The Morgan fingerprint density at radius 2 is 1.60 bits per heavy atom. The molecule has 1 aromatic carbocycles. The zero-order valence-electron chi connectivity index (χ0n) is 30.8. The molecule has 0 spiro atoms. The fourth-order valence-corrected chi connectivity index (χ4v) is 14.0. The van der Waals surface area contributed by atoms with Crippen LogP contribution in [-0.4, -0.2) is 0 Å². The molecule has 0 saturated heterocycles. The number of aryl methyl sites for hydroxylation is 1. The molecule has 3 fully saturated rings. The summed E-state index contributed by atoms with van der Waals surface area (Å²) in [5.41, 5.74) is 14.7. The first-order chi connectivity index (χ1) is 25.6. The summed E-state index contributed by atoms with van der Waals surface area (Å²) in [5.74, 6) is 7.89. The number of hydrogen-bond acceptors (Lipinski definition) is 1. The van der Waals surface area contributed by atoms with Gasteiger partial charge in [-0.1, -0.05) is 115 Å². The second-order valence-electron chi connectivity index (χ2n) is 18.5. The molecule has 0 amide bonds. The summed E-state index contributed by atoms with van der Waals surface area (Å²) >= 11 is 0. The number of allylic oxidation sites excluding steroid dienone is 15. The predicted molar refractivity (Wildman–Crippen MR) is 212 cm³/mol. The van der Waals surface area contributed by atoms with E-state index in [-0.39, 0.29) is 5.41 Å². The van der Waals surface area contributed by atoms with Gasteiger partial charge in [0.25, 0.3) is 0 Å². The van der Waals surface area contributed by atoms with Crippen molar-refractivity contribution >= 4 is 18.2 Å². The Morgan fingerprint density at radius 1 is 0.788 bits per heavy atom. The van der Waals surface area contributed by atoms with Crippen molar-refractivity contribution in [1.82, 2.24) is 0 Å². The van der Waals surface area contributed by atoms with Gasteiger partial charge in [0.15, 0.2) is 0 Å². The Kier molecular flexibility index (Phi) is 6.67. The van der Waals surface area contributed by atoms with Crippen LogP contribution in [0.2, 0.25) is 0 Å². The molecule has 10 aliphatic rings. The highest BCUT2D eigenvalue weighted by atomic mass is 16.3. The third kappa shape index (κ3) is 4.23. The molecule has 1 nitrogen and oxygen atoms in total. The van der Waals surface area contributed by atoms with Gasteiger partial charge in [-0.3, -0.25) is 0 Å². The summed E-state index contributed by atoms with van der Waals surface area (Å²) < 4.78 is 6.81. The summed E-state index contributed by atoms with van der Waals surface area (Å²) in [4.78, 5) is 0. The largest absolute Gasteiger partial charge is 0.461 e. The molecule has 0 N–H and O–H groups in total. The Bertz CT molecular complexity index is 2270. The van der Waals surface area contributed by atoms with Crippen molar-refractivity contribution in [3.05, 3.63) is 146 Å². The fourth-order valence-electron chi connectivity index (χ4n) is 14.0. The summed E-state index contributed by atoms with van der Waals surface area (Å²) in [6.07, 6.45) is 47.7. The fraction of sp³-hybridized carbons (Fsp3) is 0.451. The molecular weight excluding hydrogens is 629 g/mol. The van der Waals surface area contributed by atoms with Gasteiger partial charge in [-0.25, -0.2) is 0 Å². The van der Waals surface area contributed by atoms with Crippen LogP contribution in [0.1, 0.15) is 92.2 Å². The second kappa shape index (κ2) is 11.3. The highest BCUT2D eigenvalue weighted by Gasteiger charge is 2.70. The Balaban J connectivity index is 0.955. The van der Waals surface area contributed by atoms with Crippen LogP contribution in [0, 0.1) is 58.7 Å². The van der Waals surface area contributed by atoms with Crippen LogP contribution in [0.3, 0.4) is 0 Å². The first kappa shape index (κ1) is 30.6. The van der Waals surface area contributed by atoms with E-state index in [4.69, 9.17) is 4.42 Å². The van der Waals surface area contributed by atoms with Gasteiger partial charge in [-0.15, -0.1) is 0 Å². The maximum Gasteiger partial charge on any atom is 0.130 e. The minimum absolute atomic E-state index is 0.184. The molecule has 1 aromatic heterocycles. The van der Waals surface area contributed by atoms with E-state index in [1.165, 1.54) is 90.9 Å². The van der Waals surface area contributed by atoms with Gasteiger partial charge >= 0.3 is 0 Å². The number of benzene rings is 1. The molecule has 52 heavy (non-hydrogen) atoms. The molecule has 10 aliphatic carbocycles. The molecule has 10 unspecified atom stereocenters. The summed E-state index contributed by atoms with van der Waals surface area (Å²) in [6.45, 7) is 2.76. The number of furan rings is 1. The molecule has 0 bridgehead atoms. The van der Waals surface area contributed by atoms with E-state index < -0.39 is 0 Å². The molecule has 1 heterocycles. The van der Waals surface area contributed by atoms with Crippen molar-refractivity contribution in [3.8, 4) is 0 Å². The van der Waals surface area contributed by atoms with Crippen molar-refractivity contribution in [2.75, 3.05) is 0 Å². The lowest BCUT2D eigenvalue weighted by molar-refractivity contribution is -0.113. The van der Waals surface area contributed by atoms with Crippen LogP contribution in [-0.2, 0) is 19.3 Å². The molecule has 11 atom stereocenters. The zero-order chi connectivity index (χ0) is 34.1. The first-order valence-corrected chi connectivity index (χ1v) is 21.1. The molecule has 2 aromatic rings. The van der Waals surface area contributed by atoms with E-state index in [2.05, 4.69) is 110 Å². The normalized spacial score (nSPS) is 39.7. The molecule has 262 valence electrons. The van der Waals surface area contributed by atoms with E-state index in [9.17, 15) is 0 Å². The second-order valence-corrected chi connectivity index (χ2v) is 18.5. The Morgan fingerprint density at radius 3 is 2.50 bits per heavy atom. The average molecular weight is 681 g/mol. The zero-order valence-corrected chi connectivity index (χ0v) is 30.8. The van der Waals surface area contributed by atoms with Gasteiger partial charge in [-0.05, 0) is 151 Å². The van der Waals surface area contributed by atoms with Crippen molar-refractivity contribution in [2.45, 2.75) is 83.5 Å². The summed E-state index contributed by atoms with van der Waals surface area (Å²) in [7, 11) is 0. The highest BCUT2D eigenvalue weighted by molar-refractivity contribution is 5.66. The van der Waals surface area contributed by atoms with Gasteiger partial charge in [0.05, 0.1) is 0 Å². The van der Waals surface area contributed by atoms with E-state index in [0.717, 1.165) is 36.5 Å². The SMILES string of the molecule is CC12C(=C(C3CCC4C=CC=CC4C3)C3=C(CCC=C3)C1c1ccc3c(c1)C=CCC3)[C@H]1CC(C3C=c4oc5c(c4=CC3)CC3C=CC=CC3C5)C12. The minimum Gasteiger partial charge on any atom is -0.461 e. The number of hydrogen-bond donors (Lipinski definition) is 0. The lowest BCUT2D eigenvalue weighted by Crippen LogP contribution is -2.65. The lowest BCUT2D eigenvalue weighted by atomic mass is 9.31. The molecule has 3 saturated carbocycles. The highest BCUT2D eigenvalue weighted by Crippen LogP contribution is 2.78. The number of fused-ring (bicyclic) bond motifs is 10. The quantitative estimate of drug-likeness (QED) is 0.315. The van der Waals surface area contributed by atoms with Gasteiger partial charge in [-0.2, -0.15) is 0 Å². The van der Waals surface area contributed by atoms with E-state index >= 15 is 0 Å². The van der Waals surface area contributed by atoms with Gasteiger partial charge < -0.3 is 4.42 Å². The lowest BCUT2D eigenvalue weighted by Gasteiger charge is -2.73. The predicted octanol–water partition coefficient (Wildman–Crippen LogP) is 10.4. The molecule has 1 heteroatoms. The maximum absolute atomic E-state index is 6.81. The third-order valence-corrected chi connectivity index (χ3v) is 16.3. The van der Waals surface area contributed by atoms with Gasteiger partial charge in [0, 0.05) is 28.5 Å². The van der Waals surface area contributed by atoms with E-state index in [1.54, 1.807) is 16.7 Å². The first-order valence-electron chi connectivity index (χ1n) is 21.1. The van der Waals surface area contributed by atoms with Gasteiger partial charge in [0.2, 0.25) is 0 Å². The topological polar surface area (TPSA) is 13.1 Å². The van der Waals surface area contributed by atoms with Crippen LogP contribution in [0.4, 0.5) is 0 Å². The van der Waals surface area contributed by atoms with E-state index in [0.29, 0.717) is 35.5 Å². The standard InChI is InChI=1S/C51H52O/c1-51-48(38-21-19-31-11-3-5-13-33(31)25-38)41-17-9-8-16-40(41)47(37-20-18-30-10-2-4-12-32(30)24-37)50(51)44-29-42(49(44)51)36-22-23-39-43-26-34-14-6-7-15-35(34)27-46(43)52-45(39)28-36/h2,4-8,10,12-16,19,21,23,25,28,30,32,34-37,42,44,48-49H,3,9,11,17-18,20,22,24,26-27,29H2,1H3/t30?,32?,34?,35?,36?,37?,42?,44-,48?,49?,51?/m0/s1. The van der Waals surface area contributed by atoms with Crippen LogP contribution >= 0.6 is 0 Å². The van der Waals surface area contributed by atoms with Crippen LogP contribution < -0.4 is 10.6 Å². The van der Waals surface area contributed by atoms with E-state index in [1.807, 2.05) is 11.1 Å². The van der Waals surface area contributed by atoms with Crippen LogP contribution in [0.25, 0.3) is 18.2 Å². The van der Waals surface area contributed by atoms with Crippen molar-refractivity contribution in [2.24, 2.45) is 58.7 Å². The number of rotatable bonds is 3. The van der Waals surface area contributed by atoms with Crippen molar-refractivity contribution < 1.29 is 4.42 Å². The smallest absolute Gasteiger partial charge is 0.130 e. The third-order valence-electron chi connectivity index (χ3n) is 16.3. The minimum atomic E-state index is 0.184. The molecule has 0 radical (unpaired) electrons. The van der Waals surface area contributed by atoms with Crippen molar-refractivity contribution in [1.29, 1.82) is 0 Å².